The summed E-state index contributed by atoms with van der Waals surface area (Å²) in [5.41, 5.74) is 3.39. The number of ether oxygens (including phenoxy) is 1. The smallest absolute Gasteiger partial charge is 0.329 e. The van der Waals surface area contributed by atoms with Crippen LogP contribution < -0.4 is 20.8 Å². The third-order valence-corrected chi connectivity index (χ3v) is 3.73. The molecule has 2 aromatic rings. The van der Waals surface area contributed by atoms with Crippen LogP contribution >= 0.6 is 0 Å². The third-order valence-electron chi connectivity index (χ3n) is 3.73. The van der Waals surface area contributed by atoms with E-state index in [1.807, 2.05) is 25.1 Å². The fourth-order valence-electron chi connectivity index (χ4n) is 2.25. The zero-order valence-corrected chi connectivity index (χ0v) is 16.2. The summed E-state index contributed by atoms with van der Waals surface area (Å²) in [5.74, 6) is -1.48. The lowest BCUT2D eigenvalue weighted by molar-refractivity contribution is -0.139. The van der Waals surface area contributed by atoms with Gasteiger partial charge in [-0.1, -0.05) is 43.7 Å². The van der Waals surface area contributed by atoms with Crippen LogP contribution in [0.5, 0.6) is 5.75 Å². The van der Waals surface area contributed by atoms with Crippen LogP contribution in [-0.4, -0.2) is 37.1 Å². The van der Waals surface area contributed by atoms with Gasteiger partial charge in [-0.25, -0.2) is 5.43 Å². The number of unbranched alkanes of at least 4 members (excludes halogenated alkanes) is 1. The number of carbonyl (C=O) groups excluding carboxylic acids is 3. The first-order valence-electron chi connectivity index (χ1n) is 9.28. The van der Waals surface area contributed by atoms with Crippen molar-refractivity contribution in [3.05, 3.63) is 60.2 Å². The molecule has 0 fully saturated rings. The van der Waals surface area contributed by atoms with Gasteiger partial charge in [0.05, 0.1) is 6.21 Å². The topological polar surface area (TPSA) is 109 Å². The number of amides is 3. The molecule has 0 aliphatic heterocycles. The fourth-order valence-corrected chi connectivity index (χ4v) is 2.25. The molecule has 0 heterocycles. The molecule has 0 radical (unpaired) electrons. The van der Waals surface area contributed by atoms with E-state index in [-0.39, 0.29) is 12.5 Å². The van der Waals surface area contributed by atoms with Crippen molar-refractivity contribution in [2.24, 2.45) is 5.10 Å². The highest BCUT2D eigenvalue weighted by Gasteiger charge is 2.11. The number of nitrogens with one attached hydrogen (secondary N) is 3. The van der Waals surface area contributed by atoms with Gasteiger partial charge in [0.15, 0.2) is 6.61 Å². The van der Waals surface area contributed by atoms with E-state index < -0.39 is 11.8 Å². The van der Waals surface area contributed by atoms with Crippen molar-refractivity contribution in [1.29, 1.82) is 0 Å². The summed E-state index contributed by atoms with van der Waals surface area (Å²) in [6.07, 6.45) is 3.06. The maximum absolute atomic E-state index is 12.0. The number of hydrogen-bond donors (Lipinski definition) is 3. The van der Waals surface area contributed by atoms with Gasteiger partial charge in [0.25, 0.3) is 5.91 Å². The van der Waals surface area contributed by atoms with E-state index in [1.54, 1.807) is 36.4 Å². The molecule has 29 heavy (non-hydrogen) atoms. The number of rotatable bonds is 9. The summed E-state index contributed by atoms with van der Waals surface area (Å²) >= 11 is 0. The molecule has 3 amide bonds. The standard InChI is InChI=1S/C21H24N4O4/c1-2-3-13-22-20(27)21(28)25-23-14-16-9-7-8-12-18(16)29-15-19(26)24-17-10-5-4-6-11-17/h4-12,14H,2-3,13,15H2,1H3,(H,22,27)(H,24,26)(H,25,28)/b23-14-. The predicted molar refractivity (Wildman–Crippen MR) is 111 cm³/mol. The lowest BCUT2D eigenvalue weighted by Gasteiger charge is -2.09. The molecule has 0 aromatic heterocycles. The summed E-state index contributed by atoms with van der Waals surface area (Å²) in [6.45, 7) is 2.24. The van der Waals surface area contributed by atoms with Crippen LogP contribution in [0.2, 0.25) is 0 Å². The van der Waals surface area contributed by atoms with E-state index in [9.17, 15) is 14.4 Å². The van der Waals surface area contributed by atoms with Gasteiger partial charge in [0.1, 0.15) is 5.75 Å². The van der Waals surface area contributed by atoms with E-state index in [0.717, 1.165) is 12.8 Å². The Balaban J connectivity index is 1.86. The van der Waals surface area contributed by atoms with Crippen LogP contribution in [0.15, 0.2) is 59.7 Å². The SMILES string of the molecule is CCCCNC(=O)C(=O)N/N=C\c1ccccc1OCC(=O)Nc1ccccc1. The van der Waals surface area contributed by atoms with E-state index >= 15 is 0 Å². The number of benzene rings is 2. The molecule has 8 heteroatoms. The normalized spacial score (nSPS) is 10.4. The molecule has 152 valence electrons. The Bertz CT molecular complexity index is 853. The predicted octanol–water partition coefficient (Wildman–Crippen LogP) is 2.07. The summed E-state index contributed by atoms with van der Waals surface area (Å²) in [6, 6.07) is 16.0. The zero-order valence-electron chi connectivity index (χ0n) is 16.2. The summed E-state index contributed by atoms with van der Waals surface area (Å²) in [5, 5.41) is 9.01. The van der Waals surface area contributed by atoms with Crippen molar-refractivity contribution < 1.29 is 19.1 Å². The van der Waals surface area contributed by atoms with Crippen molar-refractivity contribution in [2.75, 3.05) is 18.5 Å². The molecule has 2 aromatic carbocycles. The highest BCUT2D eigenvalue weighted by atomic mass is 16.5. The van der Waals surface area contributed by atoms with Gasteiger partial charge >= 0.3 is 11.8 Å². The molecular formula is C21H24N4O4. The minimum absolute atomic E-state index is 0.189. The Morgan fingerprint density at radius 3 is 2.48 bits per heavy atom. The van der Waals surface area contributed by atoms with Gasteiger partial charge in [-0.05, 0) is 30.7 Å². The van der Waals surface area contributed by atoms with Crippen LogP contribution in [0.1, 0.15) is 25.3 Å². The first kappa shape index (κ1) is 21.6. The first-order chi connectivity index (χ1) is 14.1. The molecule has 0 saturated heterocycles. The molecule has 2 rings (SSSR count). The number of nitrogens with zero attached hydrogens (tertiary/aromatic N) is 1. The second-order valence-corrected chi connectivity index (χ2v) is 6.05. The monoisotopic (exact) mass is 396 g/mol. The number of hydrogen-bond acceptors (Lipinski definition) is 5. The Kier molecular flexibility index (Phi) is 8.88. The fraction of sp³-hybridized carbons (Fsp3) is 0.238. The lowest BCUT2D eigenvalue weighted by Crippen LogP contribution is -2.38. The van der Waals surface area contributed by atoms with E-state index in [2.05, 4.69) is 21.2 Å². The molecule has 0 unspecified atom stereocenters. The molecule has 0 bridgehead atoms. The number of hydrazone groups is 1. The third kappa shape index (κ3) is 7.84. The van der Waals surface area contributed by atoms with Crippen molar-refractivity contribution in [3.8, 4) is 5.75 Å². The van der Waals surface area contributed by atoms with Crippen molar-refractivity contribution >= 4 is 29.6 Å². The van der Waals surface area contributed by atoms with Crippen LogP contribution in [0.25, 0.3) is 0 Å². The molecule has 0 aliphatic carbocycles. The highest BCUT2D eigenvalue weighted by Crippen LogP contribution is 2.16. The van der Waals surface area contributed by atoms with Crippen molar-refractivity contribution in [3.63, 3.8) is 0 Å². The van der Waals surface area contributed by atoms with Gasteiger partial charge in [-0.15, -0.1) is 0 Å². The van der Waals surface area contributed by atoms with Gasteiger partial charge in [-0.2, -0.15) is 5.10 Å². The Morgan fingerprint density at radius 1 is 1.00 bits per heavy atom. The van der Waals surface area contributed by atoms with E-state index in [0.29, 0.717) is 23.5 Å². The Morgan fingerprint density at radius 2 is 1.72 bits per heavy atom. The minimum atomic E-state index is -0.849. The molecule has 0 aliphatic rings. The van der Waals surface area contributed by atoms with E-state index in [1.165, 1.54) is 6.21 Å². The lowest BCUT2D eigenvalue weighted by atomic mass is 10.2. The van der Waals surface area contributed by atoms with Gasteiger partial charge in [0.2, 0.25) is 0 Å². The Labute approximate surface area is 169 Å². The average molecular weight is 396 g/mol. The molecule has 0 atom stereocenters. The largest absolute Gasteiger partial charge is 0.483 e. The van der Waals surface area contributed by atoms with Crippen LogP contribution in [0.4, 0.5) is 5.69 Å². The van der Waals surface area contributed by atoms with Gasteiger partial charge < -0.3 is 15.4 Å². The molecule has 0 spiro atoms. The maximum atomic E-state index is 12.0. The maximum Gasteiger partial charge on any atom is 0.329 e. The summed E-state index contributed by atoms with van der Waals surface area (Å²) in [4.78, 5) is 35.3. The second kappa shape index (κ2) is 11.9. The number of anilines is 1. The second-order valence-electron chi connectivity index (χ2n) is 6.05. The van der Waals surface area contributed by atoms with E-state index in [4.69, 9.17) is 4.74 Å². The van der Waals surface area contributed by atoms with Crippen molar-refractivity contribution in [1.82, 2.24) is 10.7 Å². The average Bonchev–Trinajstić information content (AvgIpc) is 2.73. The minimum Gasteiger partial charge on any atom is -0.483 e. The number of carbonyl (C=O) groups is 3. The zero-order chi connectivity index (χ0) is 20.9. The first-order valence-corrected chi connectivity index (χ1v) is 9.28. The van der Waals surface area contributed by atoms with Crippen LogP contribution in [-0.2, 0) is 14.4 Å². The van der Waals surface area contributed by atoms with Gasteiger partial charge in [0, 0.05) is 17.8 Å². The van der Waals surface area contributed by atoms with Crippen LogP contribution in [0.3, 0.4) is 0 Å². The van der Waals surface area contributed by atoms with Gasteiger partial charge in [-0.3, -0.25) is 14.4 Å². The molecule has 3 N–H and O–H groups in total. The summed E-state index contributed by atoms with van der Waals surface area (Å²) in [7, 11) is 0. The number of para-hydroxylation sites is 2. The highest BCUT2D eigenvalue weighted by molar-refractivity contribution is 6.35. The van der Waals surface area contributed by atoms with Crippen molar-refractivity contribution in [2.45, 2.75) is 19.8 Å². The molecule has 0 saturated carbocycles. The Hall–Kier alpha value is -3.68. The summed E-state index contributed by atoms with van der Waals surface area (Å²) < 4.78 is 5.55. The quantitative estimate of drug-likeness (QED) is 0.261. The van der Waals surface area contributed by atoms with Crippen LogP contribution in [0, 0.1) is 0 Å². The molecular weight excluding hydrogens is 372 g/mol. The molecule has 8 nitrogen and oxygen atoms in total.